The Morgan fingerprint density at radius 2 is 1.24 bits per heavy atom. The second kappa shape index (κ2) is 8.71. The van der Waals surface area contributed by atoms with Gasteiger partial charge in [-0.05, 0) is 59.7 Å². The van der Waals surface area contributed by atoms with Gasteiger partial charge in [-0.1, -0.05) is 71.2 Å². The van der Waals surface area contributed by atoms with E-state index in [0.717, 1.165) is 11.1 Å². The van der Waals surface area contributed by atoms with Gasteiger partial charge >= 0.3 is 0 Å². The van der Waals surface area contributed by atoms with Crippen LogP contribution in [0.15, 0.2) is 95.8 Å². The van der Waals surface area contributed by atoms with Crippen molar-refractivity contribution in [1.82, 2.24) is 4.57 Å². The molecule has 0 unspecified atom stereocenters. The van der Waals surface area contributed by atoms with E-state index >= 15 is 0 Å². The van der Waals surface area contributed by atoms with Gasteiger partial charge in [0.05, 0.1) is 12.1 Å². The molecule has 1 amide bonds. The van der Waals surface area contributed by atoms with Crippen LogP contribution in [0.2, 0.25) is 15.1 Å². The maximum absolute atomic E-state index is 13.9. The number of benzene rings is 3. The number of rotatable bonds is 3. The largest absolute Gasteiger partial charge is 0.284 e. The van der Waals surface area contributed by atoms with Crippen molar-refractivity contribution in [3.05, 3.63) is 133 Å². The summed E-state index contributed by atoms with van der Waals surface area (Å²) in [5.41, 5.74) is 1.93. The molecule has 0 spiro atoms. The van der Waals surface area contributed by atoms with E-state index in [9.17, 15) is 9.59 Å². The van der Waals surface area contributed by atoms with Crippen LogP contribution in [0.5, 0.6) is 0 Å². The zero-order valence-electron chi connectivity index (χ0n) is 17.2. The predicted molar refractivity (Wildman–Crippen MR) is 133 cm³/mol. The number of hydrogen-bond acceptors (Lipinski definition) is 2. The van der Waals surface area contributed by atoms with Gasteiger partial charge in [-0.25, -0.2) is 0 Å². The van der Waals surface area contributed by atoms with Crippen molar-refractivity contribution in [3.8, 4) is 0 Å². The van der Waals surface area contributed by atoms with Gasteiger partial charge in [0.25, 0.3) is 11.5 Å². The number of carbonyl (C=O) groups is 1. The highest BCUT2D eigenvalue weighted by atomic mass is 35.5. The lowest BCUT2D eigenvalue weighted by Crippen LogP contribution is -2.33. The first-order valence-corrected chi connectivity index (χ1v) is 11.4. The van der Waals surface area contributed by atoms with E-state index < -0.39 is 12.1 Å². The minimum Gasteiger partial charge on any atom is -0.284 e. The quantitative estimate of drug-likeness (QED) is 0.314. The third-order valence-electron chi connectivity index (χ3n) is 5.78. The molecule has 33 heavy (non-hydrogen) atoms. The number of carbonyl (C=O) groups excluding carboxylic acids is 1. The van der Waals surface area contributed by atoms with Crippen molar-refractivity contribution in [1.29, 1.82) is 0 Å². The SMILES string of the molecule is O=C(c1cccc(Cl)c1)N1c2cccc(=O)n2[C@@H](c2ccc(Cl)cc2)[C@H]1c1ccc(Cl)cc1. The van der Waals surface area contributed by atoms with Crippen LogP contribution in [0.3, 0.4) is 0 Å². The molecule has 0 saturated heterocycles. The van der Waals surface area contributed by atoms with Crippen LogP contribution in [0.4, 0.5) is 5.82 Å². The molecule has 0 radical (unpaired) electrons. The van der Waals surface area contributed by atoms with Crippen LogP contribution < -0.4 is 10.5 Å². The molecule has 0 fully saturated rings. The molecule has 5 rings (SSSR count). The topological polar surface area (TPSA) is 42.3 Å². The Bertz CT molecular complexity index is 1400. The summed E-state index contributed by atoms with van der Waals surface area (Å²) in [6, 6.07) is 25.4. The summed E-state index contributed by atoms with van der Waals surface area (Å²) in [5.74, 6) is 0.251. The highest BCUT2D eigenvalue weighted by Crippen LogP contribution is 2.47. The van der Waals surface area contributed by atoms with Crippen molar-refractivity contribution >= 4 is 46.5 Å². The number of fused-ring (bicyclic) bond motifs is 1. The number of amides is 1. The van der Waals surface area contributed by atoms with Gasteiger partial charge in [0, 0.05) is 26.7 Å². The van der Waals surface area contributed by atoms with E-state index in [2.05, 4.69) is 0 Å². The van der Waals surface area contributed by atoms with Crippen LogP contribution in [-0.2, 0) is 0 Å². The number of nitrogens with zero attached hydrogens (tertiary/aromatic N) is 2. The summed E-state index contributed by atoms with van der Waals surface area (Å²) in [7, 11) is 0. The lowest BCUT2D eigenvalue weighted by atomic mass is 9.93. The van der Waals surface area contributed by atoms with Crippen LogP contribution >= 0.6 is 34.8 Å². The Morgan fingerprint density at radius 1 is 0.667 bits per heavy atom. The van der Waals surface area contributed by atoms with Crippen LogP contribution in [0.25, 0.3) is 0 Å². The van der Waals surface area contributed by atoms with Gasteiger partial charge in [-0.3, -0.25) is 19.1 Å². The van der Waals surface area contributed by atoms with E-state index in [4.69, 9.17) is 34.8 Å². The highest BCUT2D eigenvalue weighted by molar-refractivity contribution is 6.31. The summed E-state index contributed by atoms with van der Waals surface area (Å²) < 4.78 is 1.66. The van der Waals surface area contributed by atoms with Crippen LogP contribution in [-0.4, -0.2) is 10.5 Å². The Morgan fingerprint density at radius 3 is 1.85 bits per heavy atom. The molecule has 164 valence electrons. The van der Waals surface area contributed by atoms with Gasteiger partial charge in [0.15, 0.2) is 0 Å². The Balaban J connectivity index is 1.76. The lowest BCUT2D eigenvalue weighted by molar-refractivity contribution is 0.0978. The lowest BCUT2D eigenvalue weighted by Gasteiger charge is -2.28. The summed E-state index contributed by atoms with van der Waals surface area (Å²) in [4.78, 5) is 28.6. The van der Waals surface area contributed by atoms with Crippen LogP contribution in [0, 0.1) is 0 Å². The van der Waals surface area contributed by atoms with E-state index in [0.29, 0.717) is 26.4 Å². The highest BCUT2D eigenvalue weighted by Gasteiger charge is 2.44. The fraction of sp³-hybridized carbons (Fsp3) is 0.0769. The average Bonchev–Trinajstić information content (AvgIpc) is 3.16. The van der Waals surface area contributed by atoms with E-state index in [-0.39, 0.29) is 11.5 Å². The first-order chi connectivity index (χ1) is 15.9. The fourth-order valence-electron chi connectivity index (χ4n) is 4.36. The molecule has 0 saturated carbocycles. The molecule has 0 bridgehead atoms. The minimum absolute atomic E-state index is 0.201. The van der Waals surface area contributed by atoms with Gasteiger partial charge in [-0.2, -0.15) is 0 Å². The first kappa shape index (κ1) is 21.8. The van der Waals surface area contributed by atoms with Crippen molar-refractivity contribution < 1.29 is 4.79 Å². The van der Waals surface area contributed by atoms with Crippen molar-refractivity contribution in [2.75, 3.05) is 4.90 Å². The molecule has 7 heteroatoms. The normalized spacial score (nSPS) is 17.1. The molecular weight excluding hydrogens is 479 g/mol. The summed E-state index contributed by atoms with van der Waals surface area (Å²) >= 11 is 18.5. The maximum Gasteiger partial charge on any atom is 0.260 e. The monoisotopic (exact) mass is 494 g/mol. The number of pyridine rings is 1. The van der Waals surface area contributed by atoms with Gasteiger partial charge < -0.3 is 0 Å². The van der Waals surface area contributed by atoms with E-state index in [1.54, 1.807) is 70.1 Å². The van der Waals surface area contributed by atoms with Crippen molar-refractivity contribution in [3.63, 3.8) is 0 Å². The van der Waals surface area contributed by atoms with Crippen molar-refractivity contribution in [2.45, 2.75) is 12.1 Å². The molecule has 1 aromatic heterocycles. The standard InChI is InChI=1S/C26H17Cl3N2O2/c27-19-11-7-16(8-12-19)24-25(17-9-13-20(28)14-10-17)31(22-5-2-6-23(32)30(22)24)26(33)18-3-1-4-21(29)15-18/h1-15,24-25H/t24-,25+/m0/s1. The molecule has 0 aliphatic carbocycles. The molecule has 2 atom stereocenters. The Hall–Kier alpha value is -3.05. The minimum atomic E-state index is -0.495. The van der Waals surface area contributed by atoms with Gasteiger partial charge in [0.1, 0.15) is 5.82 Å². The number of anilines is 1. The zero-order chi connectivity index (χ0) is 23.1. The molecule has 4 aromatic rings. The Kier molecular flexibility index (Phi) is 5.75. The third-order valence-corrected chi connectivity index (χ3v) is 6.52. The van der Waals surface area contributed by atoms with E-state index in [1.165, 1.54) is 6.07 Å². The zero-order valence-corrected chi connectivity index (χ0v) is 19.4. The average molecular weight is 496 g/mol. The molecule has 2 heterocycles. The molecular formula is C26H17Cl3N2O2. The molecule has 0 N–H and O–H groups in total. The van der Waals surface area contributed by atoms with Crippen molar-refractivity contribution in [2.24, 2.45) is 0 Å². The van der Waals surface area contributed by atoms with E-state index in [1.807, 2.05) is 24.3 Å². The molecule has 4 nitrogen and oxygen atoms in total. The number of halogens is 3. The first-order valence-electron chi connectivity index (χ1n) is 10.3. The molecule has 3 aromatic carbocycles. The summed E-state index contributed by atoms with van der Waals surface area (Å²) in [6.07, 6.45) is 0. The second-order valence-corrected chi connectivity index (χ2v) is 9.08. The maximum atomic E-state index is 13.9. The van der Waals surface area contributed by atoms with Gasteiger partial charge in [-0.15, -0.1) is 0 Å². The number of hydrogen-bond donors (Lipinski definition) is 0. The third kappa shape index (κ3) is 3.95. The Labute approximate surface area is 205 Å². The van der Waals surface area contributed by atoms with Crippen LogP contribution in [0.1, 0.15) is 33.6 Å². The number of aromatic nitrogens is 1. The fourth-order valence-corrected chi connectivity index (χ4v) is 4.81. The van der Waals surface area contributed by atoms with Gasteiger partial charge in [0.2, 0.25) is 0 Å². The molecule has 1 aliphatic rings. The smallest absolute Gasteiger partial charge is 0.260 e. The second-order valence-electron chi connectivity index (χ2n) is 7.77. The summed E-state index contributed by atoms with van der Waals surface area (Å²) in [6.45, 7) is 0. The summed E-state index contributed by atoms with van der Waals surface area (Å²) in [5, 5.41) is 1.64. The molecule has 1 aliphatic heterocycles. The predicted octanol–water partition coefficient (Wildman–Crippen LogP) is 6.80.